The highest BCUT2D eigenvalue weighted by Gasteiger charge is 2.19. The molecule has 1 fully saturated rings. The lowest BCUT2D eigenvalue weighted by molar-refractivity contribution is 0.300. The predicted molar refractivity (Wildman–Crippen MR) is 70.2 cm³/mol. The molecule has 1 saturated carbocycles. The van der Waals surface area contributed by atoms with Gasteiger partial charge in [-0.3, -0.25) is 0 Å². The van der Waals surface area contributed by atoms with E-state index in [0.29, 0.717) is 6.04 Å². The van der Waals surface area contributed by atoms with Crippen LogP contribution < -0.4 is 0 Å². The van der Waals surface area contributed by atoms with Gasteiger partial charge in [-0.2, -0.15) is 0 Å². The van der Waals surface area contributed by atoms with Crippen LogP contribution in [0.1, 0.15) is 37.3 Å². The molecule has 17 heavy (non-hydrogen) atoms. The van der Waals surface area contributed by atoms with Gasteiger partial charge in [-0.25, -0.2) is 0 Å². The number of benzene rings is 1. The van der Waals surface area contributed by atoms with Gasteiger partial charge in [-0.15, -0.1) is 0 Å². The second-order valence-corrected chi connectivity index (χ2v) is 4.99. The molecular formula is C15H19NO. The molecule has 2 heteroatoms. The number of nitrogens with zero attached hydrogens (tertiary/aromatic N) is 1. The molecule has 0 aliphatic heterocycles. The first-order chi connectivity index (χ1) is 8.40. The third kappa shape index (κ3) is 1.87. The highest BCUT2D eigenvalue weighted by molar-refractivity contribution is 5.83. The van der Waals surface area contributed by atoms with E-state index in [9.17, 15) is 0 Å². The third-order valence-corrected chi connectivity index (χ3v) is 3.92. The SMILES string of the molecule is OCCc1cccc2ccn(C3CCCC3)c12. The fourth-order valence-electron chi connectivity index (χ4n) is 3.10. The van der Waals surface area contributed by atoms with Crippen LogP contribution in [0.15, 0.2) is 30.5 Å². The molecule has 1 heterocycles. The topological polar surface area (TPSA) is 25.2 Å². The van der Waals surface area contributed by atoms with Gasteiger partial charge in [0.2, 0.25) is 0 Å². The Morgan fingerprint density at radius 3 is 2.76 bits per heavy atom. The third-order valence-electron chi connectivity index (χ3n) is 3.92. The first-order valence-corrected chi connectivity index (χ1v) is 6.59. The Hall–Kier alpha value is -1.28. The maximum Gasteiger partial charge on any atom is 0.0516 e. The van der Waals surface area contributed by atoms with Crippen LogP contribution in [-0.4, -0.2) is 16.3 Å². The molecule has 2 nitrogen and oxygen atoms in total. The Morgan fingerprint density at radius 1 is 1.18 bits per heavy atom. The number of hydrogen-bond acceptors (Lipinski definition) is 1. The normalized spacial score (nSPS) is 17.0. The molecule has 1 aromatic heterocycles. The molecule has 90 valence electrons. The second kappa shape index (κ2) is 4.53. The van der Waals surface area contributed by atoms with E-state index in [4.69, 9.17) is 5.11 Å². The van der Waals surface area contributed by atoms with Crippen molar-refractivity contribution in [3.63, 3.8) is 0 Å². The summed E-state index contributed by atoms with van der Waals surface area (Å²) in [5.74, 6) is 0. The van der Waals surface area contributed by atoms with Crippen molar-refractivity contribution in [3.8, 4) is 0 Å². The highest BCUT2D eigenvalue weighted by Crippen LogP contribution is 2.33. The lowest BCUT2D eigenvalue weighted by Gasteiger charge is -2.15. The van der Waals surface area contributed by atoms with Gasteiger partial charge >= 0.3 is 0 Å². The quantitative estimate of drug-likeness (QED) is 0.858. The molecule has 0 amide bonds. The van der Waals surface area contributed by atoms with Crippen molar-refractivity contribution in [2.45, 2.75) is 38.1 Å². The molecule has 0 spiro atoms. The zero-order valence-corrected chi connectivity index (χ0v) is 10.1. The zero-order chi connectivity index (χ0) is 11.7. The Balaban J connectivity index is 2.11. The molecule has 1 aliphatic rings. The van der Waals surface area contributed by atoms with Gasteiger partial charge in [-0.05, 0) is 36.3 Å². The summed E-state index contributed by atoms with van der Waals surface area (Å²) in [4.78, 5) is 0. The first kappa shape index (κ1) is 10.8. The van der Waals surface area contributed by atoms with Gasteiger partial charge in [0.15, 0.2) is 0 Å². The van der Waals surface area contributed by atoms with E-state index in [0.717, 1.165) is 6.42 Å². The molecule has 0 radical (unpaired) electrons. The Bertz CT molecular complexity index is 509. The minimum absolute atomic E-state index is 0.231. The molecule has 1 aliphatic carbocycles. The summed E-state index contributed by atoms with van der Waals surface area (Å²) in [5.41, 5.74) is 2.62. The van der Waals surface area contributed by atoms with E-state index < -0.39 is 0 Å². The summed E-state index contributed by atoms with van der Waals surface area (Å²) in [5, 5.41) is 10.5. The van der Waals surface area contributed by atoms with Gasteiger partial charge in [-0.1, -0.05) is 31.0 Å². The van der Waals surface area contributed by atoms with E-state index in [1.54, 1.807) is 0 Å². The number of fused-ring (bicyclic) bond motifs is 1. The number of aliphatic hydroxyl groups excluding tert-OH is 1. The highest BCUT2D eigenvalue weighted by atomic mass is 16.2. The van der Waals surface area contributed by atoms with Crippen LogP contribution in [0.2, 0.25) is 0 Å². The van der Waals surface area contributed by atoms with E-state index in [-0.39, 0.29) is 6.61 Å². The van der Waals surface area contributed by atoms with Gasteiger partial charge in [0.1, 0.15) is 0 Å². The average Bonchev–Trinajstić information content (AvgIpc) is 2.98. The predicted octanol–water partition coefficient (Wildman–Crippen LogP) is 3.29. The Morgan fingerprint density at radius 2 is 2.00 bits per heavy atom. The number of aromatic nitrogens is 1. The fourth-order valence-corrected chi connectivity index (χ4v) is 3.10. The van der Waals surface area contributed by atoms with Crippen molar-refractivity contribution >= 4 is 10.9 Å². The van der Waals surface area contributed by atoms with E-state index in [1.165, 1.54) is 42.1 Å². The molecule has 3 rings (SSSR count). The summed E-state index contributed by atoms with van der Waals surface area (Å²) in [6.45, 7) is 0.231. The zero-order valence-electron chi connectivity index (χ0n) is 10.1. The van der Waals surface area contributed by atoms with Crippen LogP contribution in [-0.2, 0) is 6.42 Å². The monoisotopic (exact) mass is 229 g/mol. The van der Waals surface area contributed by atoms with E-state index in [2.05, 4.69) is 35.0 Å². The lowest BCUT2D eigenvalue weighted by Crippen LogP contribution is -2.05. The van der Waals surface area contributed by atoms with Crippen LogP contribution >= 0.6 is 0 Å². The fraction of sp³-hybridized carbons (Fsp3) is 0.467. The molecule has 0 bridgehead atoms. The average molecular weight is 229 g/mol. The molecule has 1 aromatic carbocycles. The number of aliphatic hydroxyl groups is 1. The van der Waals surface area contributed by atoms with Crippen molar-refractivity contribution in [1.82, 2.24) is 4.57 Å². The van der Waals surface area contributed by atoms with Crippen LogP contribution in [0.5, 0.6) is 0 Å². The van der Waals surface area contributed by atoms with Crippen molar-refractivity contribution < 1.29 is 5.11 Å². The molecular weight excluding hydrogens is 210 g/mol. The van der Waals surface area contributed by atoms with Crippen molar-refractivity contribution in [2.75, 3.05) is 6.61 Å². The first-order valence-electron chi connectivity index (χ1n) is 6.59. The van der Waals surface area contributed by atoms with Gasteiger partial charge in [0.25, 0.3) is 0 Å². The minimum atomic E-state index is 0.231. The summed E-state index contributed by atoms with van der Waals surface area (Å²) >= 11 is 0. The number of para-hydroxylation sites is 1. The maximum absolute atomic E-state index is 9.16. The van der Waals surface area contributed by atoms with Gasteiger partial charge in [0.05, 0.1) is 5.52 Å². The van der Waals surface area contributed by atoms with Crippen LogP contribution in [0.4, 0.5) is 0 Å². The van der Waals surface area contributed by atoms with E-state index >= 15 is 0 Å². The second-order valence-electron chi connectivity index (χ2n) is 4.99. The van der Waals surface area contributed by atoms with Crippen LogP contribution in [0.3, 0.4) is 0 Å². The largest absolute Gasteiger partial charge is 0.396 e. The number of hydrogen-bond donors (Lipinski definition) is 1. The van der Waals surface area contributed by atoms with Crippen LogP contribution in [0.25, 0.3) is 10.9 Å². The Kier molecular flexibility index (Phi) is 2.89. The lowest BCUT2D eigenvalue weighted by atomic mass is 10.1. The van der Waals surface area contributed by atoms with Crippen molar-refractivity contribution in [3.05, 3.63) is 36.0 Å². The van der Waals surface area contributed by atoms with Crippen molar-refractivity contribution in [2.24, 2.45) is 0 Å². The number of rotatable bonds is 3. The van der Waals surface area contributed by atoms with Crippen molar-refractivity contribution in [1.29, 1.82) is 0 Å². The van der Waals surface area contributed by atoms with E-state index in [1.807, 2.05) is 0 Å². The summed E-state index contributed by atoms with van der Waals surface area (Å²) in [7, 11) is 0. The summed E-state index contributed by atoms with van der Waals surface area (Å²) < 4.78 is 2.44. The summed E-state index contributed by atoms with van der Waals surface area (Å²) in [6, 6.07) is 9.28. The van der Waals surface area contributed by atoms with Gasteiger partial charge < -0.3 is 9.67 Å². The molecule has 2 aromatic rings. The molecule has 0 saturated heterocycles. The maximum atomic E-state index is 9.16. The smallest absolute Gasteiger partial charge is 0.0516 e. The molecule has 0 atom stereocenters. The molecule has 1 N–H and O–H groups in total. The standard InChI is InChI=1S/C15H19NO/c17-11-9-13-5-3-4-12-8-10-16(15(12)13)14-6-1-2-7-14/h3-5,8,10,14,17H,1-2,6-7,9,11H2. The van der Waals surface area contributed by atoms with Crippen LogP contribution in [0, 0.1) is 0 Å². The summed E-state index contributed by atoms with van der Waals surface area (Å²) in [6.07, 6.45) is 8.29. The minimum Gasteiger partial charge on any atom is -0.396 e. The molecule has 0 unspecified atom stereocenters. The Labute approximate surface area is 102 Å². The van der Waals surface area contributed by atoms with Gasteiger partial charge in [0, 0.05) is 18.8 Å².